The number of benzene rings is 2. The molecule has 3 N–H and O–H groups in total. The summed E-state index contributed by atoms with van der Waals surface area (Å²) in [4.78, 5) is 35.5. The Labute approximate surface area is 212 Å². The molecule has 1 heterocycles. The molecule has 2 aromatic rings. The number of hydrogen-bond donors (Lipinski definition) is 3. The highest BCUT2D eigenvalue weighted by Gasteiger charge is 2.27. The number of ether oxygens (including phenoxy) is 2. The molecule has 1 amide bonds. The van der Waals surface area contributed by atoms with Gasteiger partial charge in [0, 0.05) is 40.5 Å². The van der Waals surface area contributed by atoms with Crippen LogP contribution in [0.3, 0.4) is 0 Å². The van der Waals surface area contributed by atoms with Gasteiger partial charge in [0.2, 0.25) is 5.91 Å². The Balaban J connectivity index is 1.74. The number of carbonyl (C=O) groups is 3. The average molecular weight is 519 g/mol. The highest BCUT2D eigenvalue weighted by molar-refractivity contribution is 6.36. The normalized spacial score (nSPS) is 16.4. The maximum absolute atomic E-state index is 12.7. The number of hydrogen-bond acceptors (Lipinski definition) is 6. The molecule has 1 aliphatic heterocycles. The number of nitrogens with one attached hydrogen (secondary N) is 2. The number of rotatable bonds is 5. The third kappa shape index (κ3) is 7.77. The van der Waals surface area contributed by atoms with Crippen LogP contribution < -0.4 is 10.6 Å². The lowest BCUT2D eigenvalue weighted by atomic mass is 9.95. The Morgan fingerprint density at radius 1 is 1.14 bits per heavy atom. The van der Waals surface area contributed by atoms with E-state index in [1.807, 2.05) is 0 Å². The summed E-state index contributed by atoms with van der Waals surface area (Å²) >= 11 is 12.4. The molecule has 0 bridgehead atoms. The zero-order valence-corrected chi connectivity index (χ0v) is 20.7. The quantitative estimate of drug-likeness (QED) is 0.318. The number of carbonyl (C=O) groups excluding carboxylic acids is 2. The number of anilines is 2. The van der Waals surface area contributed by atoms with Gasteiger partial charge in [0.1, 0.15) is 5.60 Å². The van der Waals surface area contributed by atoms with Crippen LogP contribution in [0.1, 0.15) is 38.3 Å². The minimum Gasteiger partial charge on any atom is -0.457 e. The summed E-state index contributed by atoms with van der Waals surface area (Å²) in [6.07, 6.45) is 2.01. The molecule has 0 aliphatic carbocycles. The van der Waals surface area contributed by atoms with Crippen molar-refractivity contribution in [3.8, 4) is 0 Å². The van der Waals surface area contributed by atoms with Crippen molar-refractivity contribution in [2.45, 2.75) is 39.0 Å². The molecule has 1 aliphatic rings. The van der Waals surface area contributed by atoms with Gasteiger partial charge in [-0.15, -0.1) is 0 Å². The predicted octanol–water partition coefficient (Wildman–Crippen LogP) is 6.21. The summed E-state index contributed by atoms with van der Waals surface area (Å²) in [5, 5.41) is 15.3. The van der Waals surface area contributed by atoms with Crippen molar-refractivity contribution in [1.82, 2.24) is 0 Å². The van der Waals surface area contributed by atoms with Gasteiger partial charge in [-0.1, -0.05) is 35.3 Å². The molecule has 0 fully saturated rings. The number of fused-ring (bicyclic) bond motifs is 1. The van der Waals surface area contributed by atoms with Crippen LogP contribution in [-0.4, -0.2) is 35.0 Å². The Morgan fingerprint density at radius 2 is 1.83 bits per heavy atom. The number of halogens is 2. The molecule has 0 radical (unpaired) electrons. The van der Waals surface area contributed by atoms with Gasteiger partial charge < -0.3 is 25.2 Å². The molecule has 8 nitrogen and oxygen atoms in total. The van der Waals surface area contributed by atoms with Crippen molar-refractivity contribution in [3.05, 3.63) is 69.7 Å². The van der Waals surface area contributed by atoms with E-state index in [9.17, 15) is 14.4 Å². The maximum Gasteiger partial charge on any atom is 0.507 e. The van der Waals surface area contributed by atoms with E-state index in [1.54, 1.807) is 57.2 Å². The predicted molar refractivity (Wildman–Crippen MR) is 136 cm³/mol. The molecule has 2 aromatic carbocycles. The molecular weight excluding hydrogens is 495 g/mol. The van der Waals surface area contributed by atoms with Crippen LogP contribution in [0.4, 0.5) is 16.2 Å². The molecule has 3 rings (SSSR count). The van der Waals surface area contributed by atoms with E-state index in [0.717, 1.165) is 5.56 Å². The fraction of sp³-hybridized carbons (Fsp3) is 0.240. The van der Waals surface area contributed by atoms with Crippen LogP contribution in [-0.2, 0) is 19.1 Å². The molecule has 10 heteroatoms. The second kappa shape index (κ2) is 10.8. The van der Waals surface area contributed by atoms with E-state index in [1.165, 1.54) is 18.2 Å². The van der Waals surface area contributed by atoms with Crippen LogP contribution >= 0.6 is 23.2 Å². The summed E-state index contributed by atoms with van der Waals surface area (Å²) in [5.74, 6) is -0.890. The van der Waals surface area contributed by atoms with E-state index in [4.69, 9.17) is 37.8 Å². The third-order valence-corrected chi connectivity index (χ3v) is 5.16. The van der Waals surface area contributed by atoms with Crippen molar-refractivity contribution in [2.24, 2.45) is 0 Å². The molecule has 1 unspecified atom stereocenters. The molecule has 35 heavy (non-hydrogen) atoms. The zero-order valence-electron chi connectivity index (χ0n) is 19.2. The van der Waals surface area contributed by atoms with Crippen molar-refractivity contribution < 1.29 is 29.0 Å². The highest BCUT2D eigenvalue weighted by atomic mass is 35.5. The van der Waals surface area contributed by atoms with Crippen LogP contribution in [0.5, 0.6) is 0 Å². The van der Waals surface area contributed by atoms with Crippen LogP contribution in [0.2, 0.25) is 10.0 Å². The monoisotopic (exact) mass is 518 g/mol. The maximum atomic E-state index is 12.7. The van der Waals surface area contributed by atoms with Crippen LogP contribution in [0.25, 0.3) is 11.6 Å². The van der Waals surface area contributed by atoms with E-state index < -0.39 is 29.9 Å². The highest BCUT2D eigenvalue weighted by Crippen LogP contribution is 2.40. The first-order valence-corrected chi connectivity index (χ1v) is 11.3. The second-order valence-electron chi connectivity index (χ2n) is 8.68. The van der Waals surface area contributed by atoms with Gasteiger partial charge in [0.05, 0.1) is 5.02 Å². The number of carboxylic acid groups (broad SMARTS) is 1. The van der Waals surface area contributed by atoms with Crippen LogP contribution in [0, 0.1) is 0 Å². The van der Waals surface area contributed by atoms with Gasteiger partial charge in [-0.3, -0.25) is 4.79 Å². The average Bonchev–Trinajstić information content (AvgIpc) is 2.70. The minimum atomic E-state index is -1.45. The van der Waals surface area contributed by atoms with Crippen molar-refractivity contribution in [1.29, 1.82) is 0 Å². The van der Waals surface area contributed by atoms with E-state index in [-0.39, 0.29) is 6.42 Å². The Bertz CT molecular complexity index is 1200. The van der Waals surface area contributed by atoms with Crippen molar-refractivity contribution >= 4 is 64.3 Å². The zero-order chi connectivity index (χ0) is 25.8. The molecule has 1 atom stereocenters. The van der Waals surface area contributed by atoms with E-state index >= 15 is 0 Å². The minimum absolute atomic E-state index is 0.0858. The number of esters is 1. The van der Waals surface area contributed by atoms with Crippen molar-refractivity contribution in [2.75, 3.05) is 10.6 Å². The van der Waals surface area contributed by atoms with Crippen molar-refractivity contribution in [3.63, 3.8) is 0 Å². The van der Waals surface area contributed by atoms with Gasteiger partial charge in [-0.05, 0) is 62.2 Å². The Hall–Kier alpha value is -3.49. The molecule has 0 aromatic heterocycles. The summed E-state index contributed by atoms with van der Waals surface area (Å²) in [6.45, 7) is 5.36. The summed E-state index contributed by atoms with van der Waals surface area (Å²) in [5.41, 5.74) is 2.18. The molecule has 184 valence electrons. The third-order valence-electron chi connectivity index (χ3n) is 4.64. The van der Waals surface area contributed by atoms with Gasteiger partial charge in [0.25, 0.3) is 0 Å². The van der Waals surface area contributed by atoms with Crippen LogP contribution in [0.15, 0.2) is 48.6 Å². The number of amides is 1. The smallest absolute Gasteiger partial charge is 0.457 e. The first-order chi connectivity index (χ1) is 16.4. The largest absolute Gasteiger partial charge is 0.507 e. The summed E-state index contributed by atoms with van der Waals surface area (Å²) in [7, 11) is 0. The Kier molecular flexibility index (Phi) is 8.09. The lowest BCUT2D eigenvalue weighted by molar-refractivity contribution is -0.148. The van der Waals surface area contributed by atoms with E-state index in [0.29, 0.717) is 32.6 Å². The lowest BCUT2D eigenvalue weighted by Gasteiger charge is -2.28. The Morgan fingerprint density at radius 3 is 2.46 bits per heavy atom. The second-order valence-corrected chi connectivity index (χ2v) is 9.52. The van der Waals surface area contributed by atoms with Gasteiger partial charge in [-0.25, -0.2) is 9.59 Å². The standard InChI is InChI=1S/C25H24Cl2N2O6/c1-25(2,3)35-22(31)9-6-14-4-7-17(8-5-14)28-20(30)10-15-11-21(34-24(32)33)29-19-13-16(26)12-18(27)23(15)19/h4-10,12-13,21,29H,11H2,1-3H3,(H,28,30)(H,32,33)/b9-6+,15-10+. The molecular formula is C25H24Cl2N2O6. The lowest BCUT2D eigenvalue weighted by Crippen LogP contribution is -2.30. The fourth-order valence-electron chi connectivity index (χ4n) is 3.38. The topological polar surface area (TPSA) is 114 Å². The molecule has 0 saturated heterocycles. The van der Waals surface area contributed by atoms with Gasteiger partial charge >= 0.3 is 12.1 Å². The molecule has 0 spiro atoms. The van der Waals surface area contributed by atoms with Gasteiger partial charge in [0.15, 0.2) is 6.23 Å². The first-order valence-electron chi connectivity index (χ1n) is 10.6. The summed E-state index contributed by atoms with van der Waals surface area (Å²) in [6, 6.07) is 9.96. The fourth-order valence-corrected chi connectivity index (χ4v) is 3.99. The summed E-state index contributed by atoms with van der Waals surface area (Å²) < 4.78 is 10.1. The van der Waals surface area contributed by atoms with Gasteiger partial charge in [-0.2, -0.15) is 0 Å². The molecule has 0 saturated carbocycles. The SMILES string of the molecule is CC(C)(C)OC(=O)/C=C/c1ccc(NC(=O)/C=C2\CC(OC(=O)O)Nc3cc(Cl)cc(Cl)c32)cc1. The first kappa shape index (κ1) is 26.1. The van der Waals surface area contributed by atoms with E-state index in [2.05, 4.69) is 10.6 Å².